The topological polar surface area (TPSA) is 65.5 Å². The number of ether oxygens (including phenoxy) is 2. The lowest BCUT2D eigenvalue weighted by Gasteiger charge is -2.35. The lowest BCUT2D eigenvalue weighted by atomic mass is 10.1. The van der Waals surface area contributed by atoms with Crippen molar-refractivity contribution in [3.8, 4) is 0 Å². The van der Waals surface area contributed by atoms with Gasteiger partial charge in [-0.25, -0.2) is 14.6 Å². The molecule has 6 nitrogen and oxygen atoms in total. The average Bonchev–Trinajstić information content (AvgIpc) is 2.60. The summed E-state index contributed by atoms with van der Waals surface area (Å²) in [5.41, 5.74) is 1.10. The van der Waals surface area contributed by atoms with Gasteiger partial charge in [0.2, 0.25) is 0 Å². The number of aromatic nitrogens is 1. The molecule has 1 rings (SSSR count). The molecule has 1 aromatic heterocycles. The van der Waals surface area contributed by atoms with Gasteiger partial charge < -0.3 is 14.0 Å². The van der Waals surface area contributed by atoms with E-state index in [1.54, 1.807) is 26.1 Å². The quantitative estimate of drug-likeness (QED) is 0.512. The molecular weight excluding hydrogens is 308 g/mol. The maximum absolute atomic E-state index is 12.2. The summed E-state index contributed by atoms with van der Waals surface area (Å²) >= 11 is 0. The second kappa shape index (κ2) is 9.37. The van der Waals surface area contributed by atoms with Crippen LogP contribution in [0.3, 0.4) is 0 Å². The predicted octanol–water partition coefficient (Wildman–Crippen LogP) is 2.81. The van der Waals surface area contributed by atoms with Crippen molar-refractivity contribution in [3.05, 3.63) is 29.1 Å². The molecule has 24 heavy (non-hydrogen) atoms. The highest BCUT2D eigenvalue weighted by molar-refractivity contribution is 6.01. The van der Waals surface area contributed by atoms with Crippen molar-refractivity contribution in [3.63, 3.8) is 0 Å². The fourth-order valence-electron chi connectivity index (χ4n) is 2.71. The molecular formula is C18H29N2O4+. The number of esters is 2. The van der Waals surface area contributed by atoms with Crippen LogP contribution < -0.4 is 0 Å². The van der Waals surface area contributed by atoms with Crippen LogP contribution in [0.2, 0.25) is 0 Å². The van der Waals surface area contributed by atoms with E-state index in [-0.39, 0.29) is 24.5 Å². The Labute approximate surface area is 144 Å². The predicted molar refractivity (Wildman–Crippen MR) is 91.7 cm³/mol. The van der Waals surface area contributed by atoms with Gasteiger partial charge in [0.25, 0.3) is 0 Å². The Bertz CT molecular complexity index is 560. The molecule has 0 saturated heterocycles. The van der Waals surface area contributed by atoms with E-state index in [2.05, 4.69) is 25.8 Å². The van der Waals surface area contributed by atoms with E-state index >= 15 is 0 Å². The van der Waals surface area contributed by atoms with Crippen molar-refractivity contribution in [1.29, 1.82) is 0 Å². The first-order valence-electron chi connectivity index (χ1n) is 8.65. The Balaban J connectivity index is 3.24. The number of hydrogen-bond acceptors (Lipinski definition) is 5. The van der Waals surface area contributed by atoms with Crippen LogP contribution in [-0.4, -0.2) is 54.3 Å². The maximum Gasteiger partial charge on any atom is 0.357 e. The molecule has 0 bridgehead atoms. The number of carbonyl (C=O) groups excluding carboxylic acids is 2. The Hall–Kier alpha value is -1.95. The molecule has 0 N–H and O–H groups in total. The van der Waals surface area contributed by atoms with Crippen LogP contribution in [0.15, 0.2) is 12.3 Å². The molecule has 0 spiro atoms. The van der Waals surface area contributed by atoms with Crippen molar-refractivity contribution in [2.75, 3.05) is 32.8 Å². The highest BCUT2D eigenvalue weighted by atomic mass is 16.5. The fraction of sp³-hybridized carbons (Fsp3) is 0.611. The molecule has 6 heteroatoms. The molecule has 0 atom stereocenters. The molecule has 0 radical (unpaired) electrons. The van der Waals surface area contributed by atoms with Crippen LogP contribution in [0.25, 0.3) is 0 Å². The number of quaternary nitrogens is 1. The molecule has 0 amide bonds. The highest BCUT2D eigenvalue weighted by Gasteiger charge is 2.25. The first-order valence-corrected chi connectivity index (χ1v) is 8.65. The molecule has 134 valence electrons. The van der Waals surface area contributed by atoms with Gasteiger partial charge >= 0.3 is 11.9 Å². The van der Waals surface area contributed by atoms with Crippen molar-refractivity contribution in [2.45, 2.75) is 41.2 Å². The first-order chi connectivity index (χ1) is 11.5. The smallest absolute Gasteiger partial charge is 0.357 e. The number of carbonyl (C=O) groups is 2. The summed E-state index contributed by atoms with van der Waals surface area (Å²) in [6, 6.07) is 1.71. The summed E-state index contributed by atoms with van der Waals surface area (Å²) in [7, 11) is 0. The van der Waals surface area contributed by atoms with Gasteiger partial charge in [0.05, 0.1) is 38.4 Å². The Kier molecular flexibility index (Phi) is 7.85. The zero-order valence-corrected chi connectivity index (χ0v) is 15.4. The van der Waals surface area contributed by atoms with Crippen LogP contribution in [0.5, 0.6) is 0 Å². The standard InChI is InChI=1S/C18H29N2O4/c1-6-20(7-2,8-3)13-14-11-15(17(21)23-9-4)16(19-12-14)18(22)24-10-5/h11-12H,6-10,13H2,1-5H3/q+1. The molecule has 1 aromatic rings. The molecule has 1 heterocycles. The van der Waals surface area contributed by atoms with Gasteiger partial charge in [-0.1, -0.05) is 0 Å². The maximum atomic E-state index is 12.2. The first kappa shape index (κ1) is 20.1. The van der Waals surface area contributed by atoms with E-state index in [9.17, 15) is 9.59 Å². The molecule has 0 aromatic carbocycles. The summed E-state index contributed by atoms with van der Waals surface area (Å²) in [4.78, 5) is 28.5. The van der Waals surface area contributed by atoms with E-state index in [1.165, 1.54) is 0 Å². The Morgan fingerprint density at radius 3 is 2.00 bits per heavy atom. The van der Waals surface area contributed by atoms with Gasteiger partial charge in [0, 0.05) is 11.8 Å². The zero-order valence-electron chi connectivity index (χ0n) is 15.4. The lowest BCUT2D eigenvalue weighted by Crippen LogP contribution is -2.46. The minimum atomic E-state index is -0.602. The van der Waals surface area contributed by atoms with Crippen LogP contribution in [-0.2, 0) is 16.0 Å². The van der Waals surface area contributed by atoms with Crippen molar-refractivity contribution in [1.82, 2.24) is 4.98 Å². The SMILES string of the molecule is CCOC(=O)c1cc(C[N+](CC)(CC)CC)cnc1C(=O)OCC. The largest absolute Gasteiger partial charge is 0.462 e. The summed E-state index contributed by atoms with van der Waals surface area (Å²) in [6.07, 6.45) is 1.66. The van der Waals surface area contributed by atoms with Crippen LogP contribution in [0.1, 0.15) is 61.0 Å². The normalized spacial score (nSPS) is 11.2. The van der Waals surface area contributed by atoms with Crippen molar-refractivity contribution < 1.29 is 23.5 Å². The van der Waals surface area contributed by atoms with Gasteiger partial charge in [0.1, 0.15) is 6.54 Å². The molecule has 0 saturated carbocycles. The summed E-state index contributed by atoms with van der Waals surface area (Å²) in [5.74, 6) is -1.15. The zero-order chi connectivity index (χ0) is 18.2. The number of hydrogen-bond donors (Lipinski definition) is 0. The third kappa shape index (κ3) is 4.77. The minimum absolute atomic E-state index is 0.0154. The molecule has 0 aliphatic rings. The summed E-state index contributed by atoms with van der Waals surface area (Å²) in [5, 5.41) is 0. The van der Waals surface area contributed by atoms with Crippen LogP contribution in [0.4, 0.5) is 0 Å². The second-order valence-corrected chi connectivity index (χ2v) is 5.63. The van der Waals surface area contributed by atoms with E-state index in [1.807, 2.05) is 0 Å². The molecule has 0 aliphatic carbocycles. The Morgan fingerprint density at radius 2 is 1.50 bits per heavy atom. The highest BCUT2D eigenvalue weighted by Crippen LogP contribution is 2.18. The molecule has 0 aliphatic heterocycles. The average molecular weight is 337 g/mol. The summed E-state index contributed by atoms with van der Waals surface area (Å²) in [6.45, 7) is 14.1. The van der Waals surface area contributed by atoms with Gasteiger partial charge in [0.15, 0.2) is 5.69 Å². The third-order valence-corrected chi connectivity index (χ3v) is 4.44. The molecule has 0 unspecified atom stereocenters. The van der Waals surface area contributed by atoms with Gasteiger partial charge in [-0.2, -0.15) is 0 Å². The van der Waals surface area contributed by atoms with Crippen LogP contribution in [0, 0.1) is 0 Å². The third-order valence-electron chi connectivity index (χ3n) is 4.44. The van der Waals surface area contributed by atoms with E-state index in [0.717, 1.165) is 36.2 Å². The number of rotatable bonds is 9. The Morgan fingerprint density at radius 1 is 0.958 bits per heavy atom. The second-order valence-electron chi connectivity index (χ2n) is 5.63. The van der Waals surface area contributed by atoms with Crippen LogP contribution >= 0.6 is 0 Å². The van der Waals surface area contributed by atoms with E-state index < -0.39 is 11.9 Å². The summed E-state index contributed by atoms with van der Waals surface area (Å²) < 4.78 is 10.9. The lowest BCUT2D eigenvalue weighted by molar-refractivity contribution is -0.936. The number of pyridine rings is 1. The minimum Gasteiger partial charge on any atom is -0.462 e. The van der Waals surface area contributed by atoms with Gasteiger partial charge in [-0.3, -0.25) is 0 Å². The van der Waals surface area contributed by atoms with E-state index in [0.29, 0.717) is 0 Å². The fourth-order valence-corrected chi connectivity index (χ4v) is 2.71. The van der Waals surface area contributed by atoms with E-state index in [4.69, 9.17) is 9.47 Å². The molecule has 0 fully saturated rings. The van der Waals surface area contributed by atoms with Gasteiger partial charge in [-0.05, 0) is 40.7 Å². The monoisotopic (exact) mass is 337 g/mol. The van der Waals surface area contributed by atoms with Crippen molar-refractivity contribution in [2.24, 2.45) is 0 Å². The number of nitrogens with zero attached hydrogens (tertiary/aromatic N) is 2. The van der Waals surface area contributed by atoms with Gasteiger partial charge in [-0.15, -0.1) is 0 Å². The van der Waals surface area contributed by atoms with Crippen molar-refractivity contribution >= 4 is 11.9 Å².